The summed E-state index contributed by atoms with van der Waals surface area (Å²) in [6, 6.07) is 5.88. The molecule has 4 heteroatoms. The lowest BCUT2D eigenvalue weighted by Gasteiger charge is -2.26. The minimum atomic E-state index is 0.123. The summed E-state index contributed by atoms with van der Waals surface area (Å²) in [4.78, 5) is 17.8. The minimum Gasteiger partial charge on any atom is -0.497 e. The van der Waals surface area contributed by atoms with Crippen molar-refractivity contribution < 1.29 is 9.53 Å². The zero-order valence-electron chi connectivity index (χ0n) is 12.0. The van der Waals surface area contributed by atoms with Crippen LogP contribution < -0.4 is 4.74 Å². The summed E-state index contributed by atoms with van der Waals surface area (Å²) in [6.45, 7) is 3.75. The number of nitrogens with one attached hydrogen (secondary N) is 1. The first-order chi connectivity index (χ1) is 9.70. The maximum Gasteiger partial charge on any atom is 0.270 e. The Morgan fingerprint density at radius 1 is 1.25 bits per heavy atom. The molecule has 2 heterocycles. The normalized spacial score (nSPS) is 15.6. The van der Waals surface area contributed by atoms with Crippen molar-refractivity contribution >= 4 is 16.8 Å². The number of piperidine rings is 1. The van der Waals surface area contributed by atoms with Gasteiger partial charge in [0, 0.05) is 30.1 Å². The minimum absolute atomic E-state index is 0.123. The highest BCUT2D eigenvalue weighted by atomic mass is 16.5. The van der Waals surface area contributed by atoms with Crippen LogP contribution in [0.1, 0.15) is 35.3 Å². The second-order valence-corrected chi connectivity index (χ2v) is 5.39. The summed E-state index contributed by atoms with van der Waals surface area (Å²) in [5.41, 5.74) is 2.70. The highest BCUT2D eigenvalue weighted by Crippen LogP contribution is 2.26. The van der Waals surface area contributed by atoms with Gasteiger partial charge >= 0.3 is 0 Å². The van der Waals surface area contributed by atoms with E-state index in [-0.39, 0.29) is 5.91 Å². The monoisotopic (exact) mass is 272 g/mol. The van der Waals surface area contributed by atoms with Crippen molar-refractivity contribution in [3.05, 3.63) is 29.5 Å². The molecule has 2 aromatic rings. The van der Waals surface area contributed by atoms with E-state index in [4.69, 9.17) is 4.74 Å². The van der Waals surface area contributed by atoms with Gasteiger partial charge in [-0.2, -0.15) is 0 Å². The number of likely N-dealkylation sites (tertiary alicyclic amines) is 1. The number of H-pyrrole nitrogens is 1. The van der Waals surface area contributed by atoms with Crippen LogP contribution in [0.4, 0.5) is 0 Å². The van der Waals surface area contributed by atoms with Gasteiger partial charge in [-0.05, 0) is 43.9 Å². The molecule has 106 valence electrons. The second-order valence-electron chi connectivity index (χ2n) is 5.39. The lowest BCUT2D eigenvalue weighted by atomic mass is 10.1. The van der Waals surface area contributed by atoms with Gasteiger partial charge in [0.25, 0.3) is 5.91 Å². The molecule has 0 unspecified atom stereocenters. The molecule has 0 bridgehead atoms. The maximum absolute atomic E-state index is 12.6. The molecular weight excluding hydrogens is 252 g/mol. The Labute approximate surface area is 118 Å². The fourth-order valence-electron chi connectivity index (χ4n) is 2.91. The van der Waals surface area contributed by atoms with E-state index in [0.29, 0.717) is 0 Å². The first-order valence-corrected chi connectivity index (χ1v) is 7.16. The number of nitrogens with zero attached hydrogens (tertiary/aromatic N) is 1. The number of hydrogen-bond donors (Lipinski definition) is 1. The van der Waals surface area contributed by atoms with Crippen molar-refractivity contribution in [1.29, 1.82) is 0 Å². The Bertz CT molecular complexity index is 639. The summed E-state index contributed by atoms with van der Waals surface area (Å²) in [6.07, 6.45) is 3.45. The number of methoxy groups -OCH3 is 1. The fourth-order valence-corrected chi connectivity index (χ4v) is 2.91. The average Bonchev–Trinajstić information content (AvgIpc) is 2.84. The number of rotatable bonds is 2. The summed E-state index contributed by atoms with van der Waals surface area (Å²) in [5.74, 6) is 0.924. The molecule has 1 saturated heterocycles. The van der Waals surface area contributed by atoms with Gasteiger partial charge < -0.3 is 14.6 Å². The molecule has 0 saturated carbocycles. The second kappa shape index (κ2) is 5.19. The Morgan fingerprint density at radius 2 is 2.00 bits per heavy atom. The predicted octanol–water partition coefficient (Wildman–Crippen LogP) is 3.11. The van der Waals surface area contributed by atoms with Crippen LogP contribution in [0.5, 0.6) is 5.75 Å². The van der Waals surface area contributed by atoms with Gasteiger partial charge in [0.2, 0.25) is 0 Å². The van der Waals surface area contributed by atoms with Crippen molar-refractivity contribution in [2.45, 2.75) is 26.2 Å². The molecule has 1 aromatic carbocycles. The van der Waals surface area contributed by atoms with Crippen molar-refractivity contribution in [1.82, 2.24) is 9.88 Å². The van der Waals surface area contributed by atoms with Crippen LogP contribution in [0.25, 0.3) is 10.9 Å². The Hall–Kier alpha value is -1.97. The lowest BCUT2D eigenvalue weighted by Crippen LogP contribution is -2.36. The van der Waals surface area contributed by atoms with E-state index < -0.39 is 0 Å². The Morgan fingerprint density at radius 3 is 2.70 bits per heavy atom. The summed E-state index contributed by atoms with van der Waals surface area (Å²) in [5, 5.41) is 1.09. The van der Waals surface area contributed by atoms with Crippen LogP contribution >= 0.6 is 0 Å². The molecule has 1 N–H and O–H groups in total. The van der Waals surface area contributed by atoms with E-state index >= 15 is 0 Å². The SMILES string of the molecule is COc1ccc2c(C)c(C(=O)N3CCCCC3)[nH]c2c1. The molecule has 3 rings (SSSR count). The fraction of sp³-hybridized carbons (Fsp3) is 0.438. The number of amides is 1. The van der Waals surface area contributed by atoms with Crippen molar-refractivity contribution in [2.75, 3.05) is 20.2 Å². The number of ether oxygens (including phenoxy) is 1. The molecule has 0 spiro atoms. The standard InChI is InChI=1S/C16H20N2O2/c1-11-13-7-6-12(20-2)10-14(13)17-15(11)16(19)18-8-4-3-5-9-18/h6-7,10,17H,3-5,8-9H2,1-2H3. The molecule has 1 amide bonds. The number of aromatic amines is 1. The number of fused-ring (bicyclic) bond motifs is 1. The summed E-state index contributed by atoms with van der Waals surface area (Å²) in [7, 11) is 1.65. The van der Waals surface area contributed by atoms with Gasteiger partial charge in [-0.3, -0.25) is 4.79 Å². The molecule has 1 aliphatic rings. The van der Waals surface area contributed by atoms with Gasteiger partial charge in [0.05, 0.1) is 7.11 Å². The number of hydrogen-bond acceptors (Lipinski definition) is 2. The molecule has 20 heavy (non-hydrogen) atoms. The summed E-state index contributed by atoms with van der Waals surface area (Å²) < 4.78 is 5.23. The first kappa shape index (κ1) is 13.0. The Kier molecular flexibility index (Phi) is 3.38. The third-order valence-corrected chi connectivity index (χ3v) is 4.12. The van der Waals surface area contributed by atoms with Crippen LogP contribution in [0.3, 0.4) is 0 Å². The number of aryl methyl sites for hydroxylation is 1. The van der Waals surface area contributed by atoms with Crippen molar-refractivity contribution in [3.63, 3.8) is 0 Å². The van der Waals surface area contributed by atoms with Crippen LogP contribution in [-0.4, -0.2) is 36.0 Å². The Balaban J connectivity index is 1.98. The zero-order chi connectivity index (χ0) is 14.1. The number of benzene rings is 1. The quantitative estimate of drug-likeness (QED) is 0.913. The first-order valence-electron chi connectivity index (χ1n) is 7.16. The molecule has 4 nitrogen and oxygen atoms in total. The molecule has 1 fully saturated rings. The maximum atomic E-state index is 12.6. The summed E-state index contributed by atoms with van der Waals surface area (Å²) >= 11 is 0. The van der Waals surface area contributed by atoms with E-state index in [1.165, 1.54) is 6.42 Å². The van der Waals surface area contributed by atoms with E-state index in [2.05, 4.69) is 4.98 Å². The van der Waals surface area contributed by atoms with E-state index in [0.717, 1.165) is 53.8 Å². The van der Waals surface area contributed by atoms with Gasteiger partial charge in [-0.25, -0.2) is 0 Å². The number of carbonyl (C=O) groups is 1. The molecule has 1 aliphatic heterocycles. The highest BCUT2D eigenvalue weighted by Gasteiger charge is 2.22. The third kappa shape index (κ3) is 2.15. The molecule has 1 aromatic heterocycles. The number of aromatic nitrogens is 1. The lowest BCUT2D eigenvalue weighted by molar-refractivity contribution is 0.0718. The van der Waals surface area contributed by atoms with Crippen LogP contribution in [-0.2, 0) is 0 Å². The van der Waals surface area contributed by atoms with Crippen LogP contribution in [0.15, 0.2) is 18.2 Å². The van der Waals surface area contributed by atoms with Crippen LogP contribution in [0.2, 0.25) is 0 Å². The number of carbonyl (C=O) groups excluding carboxylic acids is 1. The van der Waals surface area contributed by atoms with Crippen molar-refractivity contribution in [2.24, 2.45) is 0 Å². The smallest absolute Gasteiger partial charge is 0.270 e. The highest BCUT2D eigenvalue weighted by molar-refractivity contribution is 6.01. The van der Waals surface area contributed by atoms with Gasteiger partial charge in [0.1, 0.15) is 11.4 Å². The molecule has 0 aliphatic carbocycles. The third-order valence-electron chi connectivity index (χ3n) is 4.12. The largest absolute Gasteiger partial charge is 0.497 e. The topological polar surface area (TPSA) is 45.3 Å². The molecular formula is C16H20N2O2. The molecule has 0 radical (unpaired) electrons. The zero-order valence-corrected chi connectivity index (χ0v) is 12.0. The van der Waals surface area contributed by atoms with E-state index in [1.807, 2.05) is 30.0 Å². The van der Waals surface area contributed by atoms with Gasteiger partial charge in [-0.1, -0.05) is 0 Å². The predicted molar refractivity (Wildman–Crippen MR) is 79.3 cm³/mol. The van der Waals surface area contributed by atoms with Gasteiger partial charge in [0.15, 0.2) is 0 Å². The molecule has 0 atom stereocenters. The van der Waals surface area contributed by atoms with Crippen LogP contribution in [0, 0.1) is 6.92 Å². The van der Waals surface area contributed by atoms with E-state index in [9.17, 15) is 4.79 Å². The average molecular weight is 272 g/mol. The van der Waals surface area contributed by atoms with Gasteiger partial charge in [-0.15, -0.1) is 0 Å². The van der Waals surface area contributed by atoms with E-state index in [1.54, 1.807) is 7.11 Å². The van der Waals surface area contributed by atoms with Crippen molar-refractivity contribution in [3.8, 4) is 5.75 Å².